The zero-order valence-electron chi connectivity index (χ0n) is 10.4. The number of aryl methyl sites for hydroxylation is 2. The van der Waals surface area contributed by atoms with E-state index in [1.165, 1.54) is 5.56 Å². The molecule has 0 aromatic carbocycles. The largest absolute Gasteiger partial charge is 0.508 e. The Morgan fingerprint density at radius 3 is 3.00 bits per heavy atom. The van der Waals surface area contributed by atoms with Crippen molar-refractivity contribution < 1.29 is 23.8 Å². The highest BCUT2D eigenvalue weighted by atomic mass is 16.8. The molecule has 1 aliphatic carbocycles. The third-order valence-electron chi connectivity index (χ3n) is 3.38. The van der Waals surface area contributed by atoms with Crippen LogP contribution in [-0.4, -0.2) is 36.4 Å². The molecule has 6 heteroatoms. The Labute approximate surface area is 110 Å². The topological polar surface area (TPSA) is 77.6 Å². The van der Waals surface area contributed by atoms with Gasteiger partial charge in [-0.3, -0.25) is 0 Å². The number of fused-ring (bicyclic) bond motifs is 1. The highest BCUT2D eigenvalue weighted by Gasteiger charge is 2.27. The molecular weight excluding hydrogens is 250 g/mol. The highest BCUT2D eigenvalue weighted by molar-refractivity contribution is 5.88. The Kier molecular flexibility index (Phi) is 3.15. The predicted octanol–water partition coefficient (Wildman–Crippen LogP) is 1.59. The molecule has 1 aromatic rings. The minimum Gasteiger partial charge on any atom is -0.457 e. The molecule has 1 aliphatic heterocycles. The summed E-state index contributed by atoms with van der Waals surface area (Å²) >= 11 is 0. The van der Waals surface area contributed by atoms with Gasteiger partial charge in [-0.15, -0.1) is 0 Å². The predicted molar refractivity (Wildman–Crippen MR) is 63.9 cm³/mol. The average Bonchev–Trinajstić information content (AvgIpc) is 3.01. The number of rotatable bonds is 3. The van der Waals surface area contributed by atoms with Gasteiger partial charge in [0.2, 0.25) is 0 Å². The molecule has 2 heterocycles. The first-order valence-electron chi connectivity index (χ1n) is 6.43. The fraction of sp³-hybridized carbons (Fsp3) is 0.538. The van der Waals surface area contributed by atoms with Crippen molar-refractivity contribution in [3.8, 4) is 0 Å². The molecule has 3 rings (SSSR count). The Balaban J connectivity index is 1.58. The first-order chi connectivity index (χ1) is 9.22. The lowest BCUT2D eigenvalue weighted by Crippen LogP contribution is -2.21. The van der Waals surface area contributed by atoms with Crippen LogP contribution in [0.5, 0.6) is 0 Å². The van der Waals surface area contributed by atoms with Crippen LogP contribution in [0.2, 0.25) is 0 Å². The number of ether oxygens (including phenoxy) is 3. The van der Waals surface area contributed by atoms with E-state index in [2.05, 4.69) is 9.72 Å². The van der Waals surface area contributed by atoms with Crippen molar-refractivity contribution in [3.63, 3.8) is 0 Å². The maximum atomic E-state index is 11.9. The third-order valence-corrected chi connectivity index (χ3v) is 3.38. The normalized spacial score (nSPS) is 21.5. The van der Waals surface area contributed by atoms with Gasteiger partial charge in [0, 0.05) is 5.69 Å². The molecule has 1 unspecified atom stereocenters. The van der Waals surface area contributed by atoms with E-state index in [9.17, 15) is 9.59 Å². The number of aromatic amines is 1. The van der Waals surface area contributed by atoms with E-state index in [0.717, 1.165) is 31.4 Å². The van der Waals surface area contributed by atoms with Crippen LogP contribution in [0.3, 0.4) is 0 Å². The van der Waals surface area contributed by atoms with Crippen molar-refractivity contribution >= 4 is 12.1 Å². The molecule has 0 spiro atoms. The number of carbonyl (C=O) groups is 2. The molecule has 1 atom stereocenters. The number of carbonyl (C=O) groups excluding carboxylic acids is 2. The number of aromatic nitrogens is 1. The van der Waals surface area contributed by atoms with Gasteiger partial charge in [-0.05, 0) is 37.3 Å². The number of nitrogens with one attached hydrogen (secondary N) is 1. The molecule has 1 fully saturated rings. The number of H-pyrrole nitrogens is 1. The van der Waals surface area contributed by atoms with Crippen LogP contribution in [0.4, 0.5) is 4.79 Å². The fourth-order valence-corrected chi connectivity index (χ4v) is 2.41. The summed E-state index contributed by atoms with van der Waals surface area (Å²) in [4.78, 5) is 25.7. The summed E-state index contributed by atoms with van der Waals surface area (Å²) in [7, 11) is 0. The van der Waals surface area contributed by atoms with E-state index in [-0.39, 0.29) is 13.2 Å². The fourth-order valence-electron chi connectivity index (χ4n) is 2.41. The van der Waals surface area contributed by atoms with E-state index in [0.29, 0.717) is 5.69 Å². The molecule has 0 bridgehead atoms. The van der Waals surface area contributed by atoms with Gasteiger partial charge in [0.1, 0.15) is 18.9 Å². The lowest BCUT2D eigenvalue weighted by Gasteiger charge is -2.09. The van der Waals surface area contributed by atoms with E-state index in [4.69, 9.17) is 9.47 Å². The third kappa shape index (κ3) is 2.57. The summed E-state index contributed by atoms with van der Waals surface area (Å²) in [6.07, 6.45) is 3.09. The number of hydrogen-bond acceptors (Lipinski definition) is 5. The summed E-state index contributed by atoms with van der Waals surface area (Å²) in [5.41, 5.74) is 2.81. The van der Waals surface area contributed by atoms with Gasteiger partial charge in [0.05, 0.1) is 0 Å². The summed E-state index contributed by atoms with van der Waals surface area (Å²) in [6, 6.07) is 1.86. The van der Waals surface area contributed by atoms with Gasteiger partial charge >= 0.3 is 12.1 Å². The molecular formula is C13H15NO5. The minimum atomic E-state index is -0.712. The Morgan fingerprint density at radius 1 is 1.42 bits per heavy atom. The number of cyclic esters (lactones) is 2. The zero-order chi connectivity index (χ0) is 13.2. The molecule has 6 nitrogen and oxygen atoms in total. The van der Waals surface area contributed by atoms with Crippen LogP contribution in [0.1, 0.15) is 34.6 Å². The molecule has 1 saturated heterocycles. The maximum Gasteiger partial charge on any atom is 0.508 e. The van der Waals surface area contributed by atoms with Crippen molar-refractivity contribution in [2.24, 2.45) is 0 Å². The van der Waals surface area contributed by atoms with Crippen LogP contribution in [0, 0.1) is 0 Å². The Morgan fingerprint density at radius 2 is 2.26 bits per heavy atom. The van der Waals surface area contributed by atoms with E-state index < -0.39 is 18.2 Å². The zero-order valence-corrected chi connectivity index (χ0v) is 10.4. The first-order valence-corrected chi connectivity index (χ1v) is 6.43. The van der Waals surface area contributed by atoms with Crippen molar-refractivity contribution in [2.75, 3.05) is 13.2 Å². The van der Waals surface area contributed by atoms with Gasteiger partial charge in [0.15, 0.2) is 6.10 Å². The second-order valence-electron chi connectivity index (χ2n) is 4.79. The molecule has 0 radical (unpaired) electrons. The van der Waals surface area contributed by atoms with Crippen LogP contribution in [0.25, 0.3) is 0 Å². The number of hydrogen-bond donors (Lipinski definition) is 1. The summed E-state index contributed by atoms with van der Waals surface area (Å²) in [5, 5.41) is 0. The smallest absolute Gasteiger partial charge is 0.457 e. The van der Waals surface area contributed by atoms with E-state index in [1.54, 1.807) is 0 Å². The van der Waals surface area contributed by atoms with Gasteiger partial charge in [-0.1, -0.05) is 0 Å². The highest BCUT2D eigenvalue weighted by Crippen LogP contribution is 2.22. The van der Waals surface area contributed by atoms with Gasteiger partial charge in [0.25, 0.3) is 0 Å². The lowest BCUT2D eigenvalue weighted by molar-refractivity contribution is 0.0295. The van der Waals surface area contributed by atoms with E-state index >= 15 is 0 Å². The van der Waals surface area contributed by atoms with Gasteiger partial charge in [-0.25, -0.2) is 9.59 Å². The molecule has 0 saturated carbocycles. The lowest BCUT2D eigenvalue weighted by atomic mass is 9.98. The van der Waals surface area contributed by atoms with Crippen molar-refractivity contribution in [3.05, 3.63) is 23.0 Å². The second kappa shape index (κ2) is 4.95. The molecule has 2 aliphatic rings. The molecule has 19 heavy (non-hydrogen) atoms. The molecule has 1 aromatic heterocycles. The summed E-state index contributed by atoms with van der Waals surface area (Å²) < 4.78 is 14.5. The first kappa shape index (κ1) is 12.1. The van der Waals surface area contributed by atoms with Crippen molar-refractivity contribution in [1.82, 2.24) is 4.98 Å². The SMILES string of the molecule is O=C1OCC(COC(=O)c2cc3c([nH]2)CCCC3)O1. The molecule has 0 amide bonds. The average molecular weight is 265 g/mol. The quantitative estimate of drug-likeness (QED) is 0.840. The van der Waals surface area contributed by atoms with Crippen LogP contribution >= 0.6 is 0 Å². The van der Waals surface area contributed by atoms with Crippen LogP contribution in [-0.2, 0) is 27.1 Å². The van der Waals surface area contributed by atoms with E-state index in [1.807, 2.05) is 6.07 Å². The minimum absolute atomic E-state index is 0.0221. The summed E-state index contributed by atoms with van der Waals surface area (Å²) in [6.45, 7) is 0.154. The van der Waals surface area contributed by atoms with Gasteiger partial charge < -0.3 is 19.2 Å². The van der Waals surface area contributed by atoms with Crippen LogP contribution < -0.4 is 0 Å². The molecule has 102 valence electrons. The number of esters is 1. The van der Waals surface area contributed by atoms with Crippen molar-refractivity contribution in [1.29, 1.82) is 0 Å². The standard InChI is InChI=1S/C13H15NO5/c15-12(17-6-9-7-18-13(16)19-9)11-5-8-3-1-2-4-10(8)14-11/h5,9,14H,1-4,6-7H2. The van der Waals surface area contributed by atoms with Crippen molar-refractivity contribution in [2.45, 2.75) is 31.8 Å². The molecule has 1 N–H and O–H groups in total. The summed E-state index contributed by atoms with van der Waals surface area (Å²) in [5.74, 6) is -0.419. The maximum absolute atomic E-state index is 11.9. The van der Waals surface area contributed by atoms with Gasteiger partial charge in [-0.2, -0.15) is 0 Å². The monoisotopic (exact) mass is 265 g/mol. The Bertz CT molecular complexity index is 484. The second-order valence-corrected chi connectivity index (χ2v) is 4.79. The Hall–Kier alpha value is -1.98. The van der Waals surface area contributed by atoms with Crippen LogP contribution in [0.15, 0.2) is 6.07 Å².